The van der Waals surface area contributed by atoms with Crippen molar-refractivity contribution in [2.45, 2.75) is 23.8 Å². The third-order valence-electron chi connectivity index (χ3n) is 3.67. The quantitative estimate of drug-likeness (QED) is 0.788. The maximum Gasteiger partial charge on any atom is 0.238 e. The van der Waals surface area contributed by atoms with Gasteiger partial charge in [-0.3, -0.25) is 9.69 Å². The number of amides is 1. The molecular weight excluding hydrogens is 270 g/mol. The van der Waals surface area contributed by atoms with Gasteiger partial charge in [-0.05, 0) is 44.8 Å². The molecule has 1 unspecified atom stereocenters. The van der Waals surface area contributed by atoms with Crippen LogP contribution in [0, 0.1) is 0 Å². The third kappa shape index (κ3) is 3.98. The first-order valence-electron chi connectivity index (χ1n) is 7.06. The summed E-state index contributed by atoms with van der Waals surface area (Å²) in [6, 6.07) is 8.42. The Labute approximate surface area is 125 Å². The lowest BCUT2D eigenvalue weighted by Gasteiger charge is -2.23. The molecule has 4 nitrogen and oxygen atoms in total. The molecule has 1 amide bonds. The van der Waals surface area contributed by atoms with Crippen molar-refractivity contribution in [2.24, 2.45) is 0 Å². The minimum atomic E-state index is 0.0782. The fourth-order valence-electron chi connectivity index (χ4n) is 2.69. The topological polar surface area (TPSA) is 44.4 Å². The van der Waals surface area contributed by atoms with Gasteiger partial charge in [0, 0.05) is 17.5 Å². The second kappa shape index (κ2) is 7.67. The van der Waals surface area contributed by atoms with E-state index in [-0.39, 0.29) is 5.91 Å². The number of hydrogen-bond acceptors (Lipinski definition) is 4. The molecule has 1 fully saturated rings. The van der Waals surface area contributed by atoms with Crippen molar-refractivity contribution in [2.75, 3.05) is 38.3 Å². The molecule has 1 aliphatic rings. The molecule has 0 radical (unpaired) electrons. The van der Waals surface area contributed by atoms with E-state index in [1.807, 2.05) is 37.6 Å². The summed E-state index contributed by atoms with van der Waals surface area (Å²) in [7, 11) is 1.96. The van der Waals surface area contributed by atoms with Crippen molar-refractivity contribution in [1.29, 1.82) is 0 Å². The van der Waals surface area contributed by atoms with Crippen LogP contribution in [0.2, 0.25) is 0 Å². The van der Waals surface area contributed by atoms with Crippen LogP contribution in [0.1, 0.15) is 12.8 Å². The van der Waals surface area contributed by atoms with Gasteiger partial charge in [0.25, 0.3) is 0 Å². The summed E-state index contributed by atoms with van der Waals surface area (Å²) in [6.07, 6.45) is 4.38. The number of para-hydroxylation sites is 1. The zero-order valence-corrected chi connectivity index (χ0v) is 13.0. The summed E-state index contributed by atoms with van der Waals surface area (Å²) in [5.41, 5.74) is 0.911. The Morgan fingerprint density at radius 3 is 3.00 bits per heavy atom. The number of anilines is 1. The van der Waals surface area contributed by atoms with E-state index in [4.69, 9.17) is 0 Å². The van der Waals surface area contributed by atoms with Gasteiger partial charge in [-0.2, -0.15) is 0 Å². The average molecular weight is 293 g/mol. The van der Waals surface area contributed by atoms with Crippen LogP contribution < -0.4 is 10.6 Å². The first-order valence-corrected chi connectivity index (χ1v) is 8.28. The van der Waals surface area contributed by atoms with E-state index in [9.17, 15) is 4.79 Å². The van der Waals surface area contributed by atoms with Crippen molar-refractivity contribution in [3.63, 3.8) is 0 Å². The molecule has 0 saturated carbocycles. The van der Waals surface area contributed by atoms with Gasteiger partial charge >= 0.3 is 0 Å². The van der Waals surface area contributed by atoms with Gasteiger partial charge in [-0.25, -0.2) is 0 Å². The number of likely N-dealkylation sites (tertiary alicyclic amines) is 1. The number of carbonyl (C=O) groups is 1. The first kappa shape index (κ1) is 15.4. The smallest absolute Gasteiger partial charge is 0.238 e. The fraction of sp³-hybridized carbons (Fsp3) is 0.533. The Kier molecular flexibility index (Phi) is 5.88. The van der Waals surface area contributed by atoms with Crippen LogP contribution in [0.4, 0.5) is 5.69 Å². The van der Waals surface area contributed by atoms with Crippen LogP contribution in [0.3, 0.4) is 0 Å². The summed E-state index contributed by atoms with van der Waals surface area (Å²) in [6.45, 7) is 2.45. The number of likely N-dealkylation sites (N-methyl/N-ethyl adjacent to an activating group) is 1. The van der Waals surface area contributed by atoms with Crippen LogP contribution in [-0.2, 0) is 4.79 Å². The van der Waals surface area contributed by atoms with Crippen LogP contribution in [-0.4, -0.2) is 49.8 Å². The lowest BCUT2D eigenvalue weighted by Crippen LogP contribution is -2.41. The summed E-state index contributed by atoms with van der Waals surface area (Å²) in [5, 5.41) is 6.23. The third-order valence-corrected chi connectivity index (χ3v) is 4.46. The van der Waals surface area contributed by atoms with Gasteiger partial charge in [0.05, 0.1) is 12.2 Å². The lowest BCUT2D eigenvalue weighted by molar-refractivity contribution is -0.117. The molecule has 1 aromatic rings. The normalized spacial score (nSPS) is 19.2. The molecule has 1 atom stereocenters. The number of hydrogen-bond donors (Lipinski definition) is 2. The number of carbonyl (C=O) groups excluding carboxylic acids is 1. The Balaban J connectivity index is 1.92. The average Bonchev–Trinajstić information content (AvgIpc) is 2.87. The second-order valence-electron chi connectivity index (χ2n) is 5.07. The van der Waals surface area contributed by atoms with E-state index < -0.39 is 0 Å². The minimum absolute atomic E-state index is 0.0782. The standard InChI is InChI=1S/C15H23N3OS/c1-16-10-12-6-5-9-18(12)11-15(19)17-13-7-3-4-8-14(13)20-2/h3-4,7-8,12,16H,5-6,9-11H2,1-2H3,(H,17,19). The maximum atomic E-state index is 12.2. The van der Waals surface area contributed by atoms with Gasteiger partial charge in [0.1, 0.15) is 0 Å². The van der Waals surface area contributed by atoms with Gasteiger partial charge < -0.3 is 10.6 Å². The molecule has 0 bridgehead atoms. The van der Waals surface area contributed by atoms with Crippen molar-refractivity contribution >= 4 is 23.4 Å². The van der Waals surface area contributed by atoms with Crippen molar-refractivity contribution in [3.8, 4) is 0 Å². The molecule has 20 heavy (non-hydrogen) atoms. The van der Waals surface area contributed by atoms with Crippen molar-refractivity contribution in [3.05, 3.63) is 24.3 Å². The van der Waals surface area contributed by atoms with Crippen molar-refractivity contribution < 1.29 is 4.79 Å². The van der Waals surface area contributed by atoms with Gasteiger partial charge in [-0.1, -0.05) is 12.1 Å². The first-order chi connectivity index (χ1) is 9.74. The van der Waals surface area contributed by atoms with Crippen molar-refractivity contribution in [1.82, 2.24) is 10.2 Å². The number of benzene rings is 1. The highest BCUT2D eigenvalue weighted by Gasteiger charge is 2.25. The monoisotopic (exact) mass is 293 g/mol. The fourth-order valence-corrected chi connectivity index (χ4v) is 3.25. The van der Waals surface area contributed by atoms with Crippen LogP contribution >= 0.6 is 11.8 Å². The van der Waals surface area contributed by atoms with E-state index in [0.29, 0.717) is 12.6 Å². The molecule has 1 aliphatic heterocycles. The summed E-state index contributed by atoms with van der Waals surface area (Å²) in [4.78, 5) is 15.6. The predicted molar refractivity (Wildman–Crippen MR) is 85.4 cm³/mol. The molecule has 2 N–H and O–H groups in total. The Hall–Kier alpha value is -1.04. The van der Waals surface area contributed by atoms with E-state index in [1.54, 1.807) is 11.8 Å². The molecule has 0 aliphatic carbocycles. The van der Waals surface area contributed by atoms with Gasteiger partial charge in [0.15, 0.2) is 0 Å². The zero-order valence-electron chi connectivity index (χ0n) is 12.2. The van der Waals surface area contributed by atoms with Gasteiger partial charge in [0.2, 0.25) is 5.91 Å². The highest BCUT2D eigenvalue weighted by Crippen LogP contribution is 2.24. The molecule has 1 heterocycles. The highest BCUT2D eigenvalue weighted by molar-refractivity contribution is 7.98. The summed E-state index contributed by atoms with van der Waals surface area (Å²) < 4.78 is 0. The molecular formula is C15H23N3OS. The number of thioether (sulfide) groups is 1. The molecule has 0 spiro atoms. The van der Waals surface area contributed by atoms with Crippen LogP contribution in [0.5, 0.6) is 0 Å². The van der Waals surface area contributed by atoms with E-state index in [1.165, 1.54) is 12.8 Å². The molecule has 0 aromatic heterocycles. The summed E-state index contributed by atoms with van der Waals surface area (Å²) in [5.74, 6) is 0.0782. The Bertz CT molecular complexity index is 452. The minimum Gasteiger partial charge on any atom is -0.324 e. The lowest BCUT2D eigenvalue weighted by atomic mass is 10.2. The maximum absolute atomic E-state index is 12.2. The summed E-state index contributed by atoms with van der Waals surface area (Å²) >= 11 is 1.65. The SMILES string of the molecule is CNCC1CCCN1CC(=O)Nc1ccccc1SC. The Morgan fingerprint density at radius 2 is 2.25 bits per heavy atom. The predicted octanol–water partition coefficient (Wildman–Crippen LogP) is 2.03. The second-order valence-corrected chi connectivity index (χ2v) is 5.92. The van der Waals surface area contributed by atoms with E-state index >= 15 is 0 Å². The molecule has 110 valence electrons. The number of rotatable bonds is 6. The molecule has 1 saturated heterocycles. The zero-order chi connectivity index (χ0) is 14.4. The van der Waals surface area contributed by atoms with Crippen LogP contribution in [0.25, 0.3) is 0 Å². The molecule has 5 heteroatoms. The van der Waals surface area contributed by atoms with E-state index in [0.717, 1.165) is 23.7 Å². The van der Waals surface area contributed by atoms with E-state index in [2.05, 4.69) is 15.5 Å². The highest BCUT2D eigenvalue weighted by atomic mass is 32.2. The number of nitrogens with one attached hydrogen (secondary N) is 2. The van der Waals surface area contributed by atoms with Crippen LogP contribution in [0.15, 0.2) is 29.2 Å². The molecule has 2 rings (SSSR count). The van der Waals surface area contributed by atoms with Gasteiger partial charge in [-0.15, -0.1) is 11.8 Å². The largest absolute Gasteiger partial charge is 0.324 e. The molecule has 1 aromatic carbocycles. The Morgan fingerprint density at radius 1 is 1.45 bits per heavy atom. The number of nitrogens with zero attached hydrogens (tertiary/aromatic N) is 1.